The zero-order valence-electron chi connectivity index (χ0n) is 10.9. The maximum absolute atomic E-state index is 11.9. The van der Waals surface area contributed by atoms with Gasteiger partial charge in [-0.25, -0.2) is 4.79 Å². The molecule has 20 heavy (non-hydrogen) atoms. The predicted octanol–water partition coefficient (Wildman–Crippen LogP) is 2.96. The largest absolute Gasteiger partial charge is 0.480 e. The van der Waals surface area contributed by atoms with Gasteiger partial charge in [0.2, 0.25) is 5.91 Å². The summed E-state index contributed by atoms with van der Waals surface area (Å²) in [6, 6.07) is 3.43. The van der Waals surface area contributed by atoms with Gasteiger partial charge in [0.15, 0.2) is 4.67 Å². The van der Waals surface area contributed by atoms with Crippen LogP contribution in [0.25, 0.3) is 6.08 Å². The van der Waals surface area contributed by atoms with Crippen LogP contribution in [0.4, 0.5) is 0 Å². The van der Waals surface area contributed by atoms with Crippen molar-refractivity contribution in [2.75, 3.05) is 0 Å². The molecule has 108 valence electrons. The number of rotatable bonds is 4. The molecule has 1 fully saturated rings. The molecule has 5 nitrogen and oxygen atoms in total. The van der Waals surface area contributed by atoms with Crippen LogP contribution in [0, 0.1) is 0 Å². The van der Waals surface area contributed by atoms with E-state index in [0.29, 0.717) is 23.3 Å². The number of amides is 1. The van der Waals surface area contributed by atoms with Gasteiger partial charge in [-0.15, -0.1) is 0 Å². The zero-order chi connectivity index (χ0) is 14.6. The van der Waals surface area contributed by atoms with Crippen LogP contribution in [0.1, 0.15) is 37.9 Å². The number of halogens is 1. The van der Waals surface area contributed by atoms with Crippen molar-refractivity contribution in [3.63, 3.8) is 0 Å². The third kappa shape index (κ3) is 3.50. The Balaban J connectivity index is 2.01. The fourth-order valence-corrected chi connectivity index (χ4v) is 2.72. The molecule has 0 aromatic carbocycles. The maximum atomic E-state index is 11.9. The van der Waals surface area contributed by atoms with Crippen LogP contribution >= 0.6 is 15.9 Å². The molecule has 0 bridgehead atoms. The highest BCUT2D eigenvalue weighted by Crippen LogP contribution is 2.28. The molecule has 0 radical (unpaired) electrons. The van der Waals surface area contributed by atoms with E-state index in [-0.39, 0.29) is 0 Å². The van der Waals surface area contributed by atoms with E-state index in [1.165, 1.54) is 12.2 Å². The van der Waals surface area contributed by atoms with Crippen LogP contribution in [0.2, 0.25) is 0 Å². The SMILES string of the molecule is O=C(/C=C/c1ccc(Br)o1)NC1(C(=O)O)CCCCC1. The molecule has 0 unspecified atom stereocenters. The van der Waals surface area contributed by atoms with Crippen LogP contribution in [-0.4, -0.2) is 22.5 Å². The van der Waals surface area contributed by atoms with Crippen molar-refractivity contribution >= 4 is 33.9 Å². The van der Waals surface area contributed by atoms with Crippen molar-refractivity contribution in [2.24, 2.45) is 0 Å². The van der Waals surface area contributed by atoms with Crippen LogP contribution < -0.4 is 5.32 Å². The third-order valence-electron chi connectivity index (χ3n) is 3.47. The van der Waals surface area contributed by atoms with Gasteiger partial charge in [-0.3, -0.25) is 4.79 Å². The fourth-order valence-electron chi connectivity index (χ4n) is 2.40. The Morgan fingerprint density at radius 3 is 2.55 bits per heavy atom. The molecule has 1 saturated carbocycles. The average molecular weight is 342 g/mol. The van der Waals surface area contributed by atoms with Crippen LogP contribution in [0.15, 0.2) is 27.3 Å². The predicted molar refractivity (Wildman–Crippen MR) is 77.0 cm³/mol. The van der Waals surface area contributed by atoms with E-state index >= 15 is 0 Å². The molecule has 1 aliphatic rings. The summed E-state index contributed by atoms with van der Waals surface area (Å²) in [5.74, 6) is -0.846. The van der Waals surface area contributed by atoms with Gasteiger partial charge in [0, 0.05) is 6.08 Å². The third-order valence-corrected chi connectivity index (χ3v) is 3.90. The Hall–Kier alpha value is -1.56. The Morgan fingerprint density at radius 1 is 1.30 bits per heavy atom. The molecule has 1 aromatic rings. The average Bonchev–Trinajstić information content (AvgIpc) is 2.83. The highest BCUT2D eigenvalue weighted by atomic mass is 79.9. The van der Waals surface area contributed by atoms with Gasteiger partial charge in [-0.05, 0) is 47.0 Å². The minimum absolute atomic E-state index is 0.415. The second-order valence-corrected chi connectivity index (χ2v) is 5.69. The van der Waals surface area contributed by atoms with Crippen molar-refractivity contribution in [1.29, 1.82) is 0 Å². The fraction of sp³-hybridized carbons (Fsp3) is 0.429. The van der Waals surface area contributed by atoms with Crippen molar-refractivity contribution in [2.45, 2.75) is 37.6 Å². The topological polar surface area (TPSA) is 79.5 Å². The van der Waals surface area contributed by atoms with Gasteiger partial charge in [0.1, 0.15) is 11.3 Å². The molecule has 0 aliphatic heterocycles. The molecular weight excluding hydrogens is 326 g/mol. The minimum atomic E-state index is -1.12. The number of carboxylic acids is 1. The van der Waals surface area contributed by atoms with Crippen molar-refractivity contribution < 1.29 is 19.1 Å². The standard InChI is InChI=1S/C14H16BrNO4/c15-11-6-4-10(20-11)5-7-12(17)16-14(13(18)19)8-2-1-3-9-14/h4-7H,1-3,8-9H2,(H,16,17)(H,18,19)/b7-5+. The first-order valence-electron chi connectivity index (χ1n) is 6.51. The smallest absolute Gasteiger partial charge is 0.329 e. The van der Waals surface area contributed by atoms with Gasteiger partial charge in [0.05, 0.1) is 0 Å². The quantitative estimate of drug-likeness (QED) is 0.825. The molecule has 2 N–H and O–H groups in total. The van der Waals surface area contributed by atoms with Gasteiger partial charge in [-0.2, -0.15) is 0 Å². The summed E-state index contributed by atoms with van der Waals surface area (Å²) < 4.78 is 5.81. The number of hydrogen-bond donors (Lipinski definition) is 2. The highest BCUT2D eigenvalue weighted by Gasteiger charge is 2.40. The second kappa shape index (κ2) is 6.26. The number of carbonyl (C=O) groups is 2. The number of carbonyl (C=O) groups excluding carboxylic acids is 1. The minimum Gasteiger partial charge on any atom is -0.480 e. The lowest BCUT2D eigenvalue weighted by Gasteiger charge is -2.33. The summed E-state index contributed by atoms with van der Waals surface area (Å²) in [6.45, 7) is 0. The molecule has 0 atom stereocenters. The summed E-state index contributed by atoms with van der Waals surface area (Å²) in [7, 11) is 0. The molecule has 2 rings (SSSR count). The first-order chi connectivity index (χ1) is 9.52. The Bertz CT molecular complexity index is 529. The van der Waals surface area contributed by atoms with E-state index in [9.17, 15) is 14.7 Å². The number of nitrogens with one attached hydrogen (secondary N) is 1. The number of furan rings is 1. The van der Waals surface area contributed by atoms with Gasteiger partial charge in [-0.1, -0.05) is 19.3 Å². The van der Waals surface area contributed by atoms with Gasteiger partial charge in [0.25, 0.3) is 0 Å². The molecule has 1 aromatic heterocycles. The second-order valence-electron chi connectivity index (χ2n) is 4.91. The molecule has 1 heterocycles. The summed E-state index contributed by atoms with van der Waals surface area (Å²) in [6.07, 6.45) is 6.43. The number of carboxylic acid groups (broad SMARTS) is 1. The van der Waals surface area contributed by atoms with Crippen LogP contribution in [0.5, 0.6) is 0 Å². The molecule has 1 aliphatic carbocycles. The van der Waals surface area contributed by atoms with Crippen LogP contribution in [0.3, 0.4) is 0 Å². The van der Waals surface area contributed by atoms with Crippen molar-refractivity contribution in [3.8, 4) is 0 Å². The summed E-state index contributed by atoms with van der Waals surface area (Å²) in [5.41, 5.74) is -1.12. The highest BCUT2D eigenvalue weighted by molar-refractivity contribution is 9.10. The molecule has 0 spiro atoms. The first-order valence-corrected chi connectivity index (χ1v) is 7.30. The number of hydrogen-bond acceptors (Lipinski definition) is 3. The summed E-state index contributed by atoms with van der Waals surface area (Å²) in [4.78, 5) is 23.3. The van der Waals surface area contributed by atoms with E-state index in [1.54, 1.807) is 12.1 Å². The molecule has 6 heteroatoms. The van der Waals surface area contributed by atoms with E-state index in [2.05, 4.69) is 21.2 Å². The molecule has 1 amide bonds. The van der Waals surface area contributed by atoms with Gasteiger partial charge >= 0.3 is 5.97 Å². The molecular formula is C14H16BrNO4. The van der Waals surface area contributed by atoms with E-state index in [4.69, 9.17) is 4.42 Å². The Morgan fingerprint density at radius 2 is 2.00 bits per heavy atom. The first kappa shape index (κ1) is 14.8. The molecule has 0 saturated heterocycles. The lowest BCUT2D eigenvalue weighted by molar-refractivity contribution is -0.148. The van der Waals surface area contributed by atoms with Crippen molar-refractivity contribution in [3.05, 3.63) is 28.6 Å². The number of aliphatic carboxylic acids is 1. The maximum Gasteiger partial charge on any atom is 0.329 e. The Kier molecular flexibility index (Phi) is 4.65. The monoisotopic (exact) mass is 341 g/mol. The van der Waals surface area contributed by atoms with E-state index in [0.717, 1.165) is 19.3 Å². The zero-order valence-corrected chi connectivity index (χ0v) is 12.5. The van der Waals surface area contributed by atoms with Crippen molar-refractivity contribution in [1.82, 2.24) is 5.32 Å². The van der Waals surface area contributed by atoms with Crippen LogP contribution in [-0.2, 0) is 9.59 Å². The lowest BCUT2D eigenvalue weighted by Crippen LogP contribution is -2.55. The normalized spacial score (nSPS) is 18.1. The van der Waals surface area contributed by atoms with Gasteiger partial charge < -0.3 is 14.8 Å². The summed E-state index contributed by atoms with van der Waals surface area (Å²) in [5, 5.41) is 12.0. The lowest BCUT2D eigenvalue weighted by atomic mass is 9.81. The van der Waals surface area contributed by atoms with E-state index < -0.39 is 17.4 Å². The summed E-state index contributed by atoms with van der Waals surface area (Å²) >= 11 is 3.17. The van der Waals surface area contributed by atoms with E-state index in [1.807, 2.05) is 0 Å². The Labute approximate surface area is 125 Å².